The molecule has 0 bridgehead atoms. The number of rotatable bonds is 1. The zero-order valence-corrected chi connectivity index (χ0v) is 10.1. The number of H-pyrrole nitrogens is 1. The molecule has 0 aliphatic rings. The van der Waals surface area contributed by atoms with Crippen LogP contribution in [-0.4, -0.2) is 12.1 Å². The summed E-state index contributed by atoms with van der Waals surface area (Å²) in [7, 11) is 1.54. The first kappa shape index (κ1) is 10.5. The lowest BCUT2D eigenvalue weighted by Gasteiger charge is -2.06. The highest BCUT2D eigenvalue weighted by molar-refractivity contribution is 9.10. The second kappa shape index (κ2) is 3.87. The van der Waals surface area contributed by atoms with Crippen LogP contribution in [0, 0.1) is 0 Å². The van der Waals surface area contributed by atoms with Gasteiger partial charge in [0.2, 0.25) is 5.43 Å². The molecule has 0 aliphatic heterocycles. The molecule has 0 saturated heterocycles. The van der Waals surface area contributed by atoms with Gasteiger partial charge >= 0.3 is 0 Å². The van der Waals surface area contributed by atoms with Gasteiger partial charge in [-0.3, -0.25) is 4.79 Å². The molecule has 1 N–H and O–H groups in total. The van der Waals surface area contributed by atoms with Crippen LogP contribution in [0.15, 0.2) is 27.6 Å². The summed E-state index contributed by atoms with van der Waals surface area (Å²) in [5.74, 6) is 0.596. The molecule has 15 heavy (non-hydrogen) atoms. The smallest absolute Gasteiger partial charge is 0.205 e. The molecule has 1 aromatic heterocycles. The largest absolute Gasteiger partial charge is 0.495 e. The van der Waals surface area contributed by atoms with Crippen molar-refractivity contribution in [3.63, 3.8) is 0 Å². The van der Waals surface area contributed by atoms with Gasteiger partial charge in [-0.05, 0) is 28.1 Å². The van der Waals surface area contributed by atoms with Gasteiger partial charge in [-0.15, -0.1) is 0 Å². The topological polar surface area (TPSA) is 42.1 Å². The van der Waals surface area contributed by atoms with E-state index in [-0.39, 0.29) is 5.43 Å². The fourth-order valence-corrected chi connectivity index (χ4v) is 1.97. The van der Waals surface area contributed by atoms with E-state index in [9.17, 15) is 4.79 Å². The van der Waals surface area contributed by atoms with Crippen molar-refractivity contribution >= 4 is 38.4 Å². The van der Waals surface area contributed by atoms with Crippen LogP contribution in [0.4, 0.5) is 0 Å². The average Bonchev–Trinajstić information content (AvgIpc) is 2.24. The fraction of sp³-hybridized carbons (Fsp3) is 0.100. The molecule has 5 heteroatoms. The third-order valence-corrected chi connectivity index (χ3v) is 3.03. The zero-order valence-electron chi connectivity index (χ0n) is 7.80. The lowest BCUT2D eigenvalue weighted by molar-refractivity contribution is 0.419. The first-order chi connectivity index (χ1) is 7.15. The van der Waals surface area contributed by atoms with Crippen molar-refractivity contribution < 1.29 is 4.74 Å². The molecule has 3 nitrogen and oxygen atoms in total. The van der Waals surface area contributed by atoms with Gasteiger partial charge in [-0.1, -0.05) is 11.6 Å². The van der Waals surface area contributed by atoms with Crippen LogP contribution < -0.4 is 10.2 Å². The highest BCUT2D eigenvalue weighted by Gasteiger charge is 2.10. The van der Waals surface area contributed by atoms with Crippen LogP contribution in [0.3, 0.4) is 0 Å². The molecular formula is C10H7BrClNO2. The molecule has 2 rings (SSSR count). The monoisotopic (exact) mass is 287 g/mol. The minimum Gasteiger partial charge on any atom is -0.495 e. The Bertz CT molecular complexity index is 579. The Morgan fingerprint density at radius 2 is 2.20 bits per heavy atom. The van der Waals surface area contributed by atoms with E-state index in [0.717, 1.165) is 0 Å². The molecule has 0 saturated carbocycles. The van der Waals surface area contributed by atoms with E-state index >= 15 is 0 Å². The summed E-state index contributed by atoms with van der Waals surface area (Å²) in [6, 6.07) is 3.36. The molecule has 1 aromatic carbocycles. The average molecular weight is 289 g/mol. The van der Waals surface area contributed by atoms with Crippen molar-refractivity contribution in [3.8, 4) is 5.75 Å². The van der Waals surface area contributed by atoms with E-state index in [4.69, 9.17) is 16.3 Å². The number of aromatic amines is 1. The molecule has 0 amide bonds. The van der Waals surface area contributed by atoms with Crippen LogP contribution in [0.1, 0.15) is 0 Å². The number of methoxy groups -OCH3 is 1. The van der Waals surface area contributed by atoms with Crippen LogP contribution in [0.25, 0.3) is 10.9 Å². The highest BCUT2D eigenvalue weighted by atomic mass is 79.9. The van der Waals surface area contributed by atoms with Crippen LogP contribution in [-0.2, 0) is 0 Å². The summed E-state index contributed by atoms with van der Waals surface area (Å²) in [4.78, 5) is 14.8. The number of halogens is 2. The predicted molar refractivity (Wildman–Crippen MR) is 63.8 cm³/mol. The lowest BCUT2D eigenvalue weighted by atomic mass is 10.2. The standard InChI is InChI=1S/C10H7BrClNO2/c1-15-7-3-2-6(12)8-9(7)13-4-5(11)10(8)14/h2-4H,1H3,(H,13,14). The Morgan fingerprint density at radius 1 is 1.47 bits per heavy atom. The van der Waals surface area contributed by atoms with Crippen molar-refractivity contribution in [1.29, 1.82) is 0 Å². The molecule has 0 radical (unpaired) electrons. The van der Waals surface area contributed by atoms with Gasteiger partial charge in [-0.25, -0.2) is 0 Å². The summed E-state index contributed by atoms with van der Waals surface area (Å²) in [5, 5.41) is 0.846. The van der Waals surface area contributed by atoms with Gasteiger partial charge < -0.3 is 9.72 Å². The summed E-state index contributed by atoms with van der Waals surface area (Å²) in [5.41, 5.74) is 0.464. The minimum absolute atomic E-state index is 0.146. The molecule has 2 aromatic rings. The maximum Gasteiger partial charge on any atom is 0.205 e. The number of aromatic nitrogens is 1. The normalized spacial score (nSPS) is 10.6. The molecule has 78 valence electrons. The van der Waals surface area contributed by atoms with Gasteiger partial charge in [0.15, 0.2) is 0 Å². The molecule has 0 atom stereocenters. The third kappa shape index (κ3) is 1.64. The lowest BCUT2D eigenvalue weighted by Crippen LogP contribution is -2.05. The minimum atomic E-state index is -0.146. The van der Waals surface area contributed by atoms with Crippen molar-refractivity contribution in [2.24, 2.45) is 0 Å². The van der Waals surface area contributed by atoms with Crippen molar-refractivity contribution in [2.75, 3.05) is 7.11 Å². The van der Waals surface area contributed by atoms with Gasteiger partial charge in [0, 0.05) is 6.20 Å². The fourth-order valence-electron chi connectivity index (χ4n) is 1.41. The number of pyridine rings is 1. The SMILES string of the molecule is COc1ccc(Cl)c2c(=O)c(Br)c[nH]c12. The Labute approximate surface area is 99.1 Å². The first-order valence-electron chi connectivity index (χ1n) is 4.18. The molecule has 0 spiro atoms. The van der Waals surface area contributed by atoms with Gasteiger partial charge in [-0.2, -0.15) is 0 Å². The number of hydrogen-bond acceptors (Lipinski definition) is 2. The summed E-state index contributed by atoms with van der Waals surface area (Å²) < 4.78 is 5.58. The van der Waals surface area contributed by atoms with Crippen LogP contribution >= 0.6 is 27.5 Å². The van der Waals surface area contributed by atoms with Gasteiger partial charge in [0.25, 0.3) is 0 Å². The van der Waals surface area contributed by atoms with E-state index in [0.29, 0.717) is 26.1 Å². The van der Waals surface area contributed by atoms with Crippen LogP contribution in [0.2, 0.25) is 5.02 Å². The van der Waals surface area contributed by atoms with Crippen molar-refractivity contribution in [2.45, 2.75) is 0 Å². The zero-order chi connectivity index (χ0) is 11.0. The van der Waals surface area contributed by atoms with Crippen LogP contribution in [0.5, 0.6) is 5.75 Å². The molecule has 0 unspecified atom stereocenters. The summed E-state index contributed by atoms with van der Waals surface area (Å²) in [6.45, 7) is 0. The molecule has 0 aliphatic carbocycles. The number of benzene rings is 1. The second-order valence-corrected chi connectivity index (χ2v) is 4.23. The highest BCUT2D eigenvalue weighted by Crippen LogP contribution is 2.28. The molecular weight excluding hydrogens is 281 g/mol. The Kier molecular flexibility index (Phi) is 2.71. The van der Waals surface area contributed by atoms with Crippen molar-refractivity contribution in [1.82, 2.24) is 4.98 Å². The number of ether oxygens (including phenoxy) is 1. The molecule has 1 heterocycles. The maximum atomic E-state index is 11.8. The third-order valence-electron chi connectivity index (χ3n) is 2.12. The summed E-state index contributed by atoms with van der Waals surface area (Å²) >= 11 is 9.12. The number of hydrogen-bond donors (Lipinski definition) is 1. The van der Waals surface area contributed by atoms with E-state index < -0.39 is 0 Å². The number of fused-ring (bicyclic) bond motifs is 1. The predicted octanol–water partition coefficient (Wildman–Crippen LogP) is 2.95. The maximum absolute atomic E-state index is 11.8. The quantitative estimate of drug-likeness (QED) is 0.876. The Morgan fingerprint density at radius 3 is 2.87 bits per heavy atom. The van der Waals surface area contributed by atoms with E-state index in [1.165, 1.54) is 0 Å². The Balaban J connectivity index is 3.00. The first-order valence-corrected chi connectivity index (χ1v) is 5.35. The van der Waals surface area contributed by atoms with E-state index in [1.807, 2.05) is 0 Å². The summed E-state index contributed by atoms with van der Waals surface area (Å²) in [6.07, 6.45) is 1.57. The van der Waals surface area contributed by atoms with E-state index in [2.05, 4.69) is 20.9 Å². The number of nitrogens with one attached hydrogen (secondary N) is 1. The van der Waals surface area contributed by atoms with Gasteiger partial charge in [0.1, 0.15) is 5.75 Å². The van der Waals surface area contributed by atoms with Gasteiger partial charge in [0.05, 0.1) is 27.5 Å². The van der Waals surface area contributed by atoms with E-state index in [1.54, 1.807) is 25.4 Å². The van der Waals surface area contributed by atoms with Crippen molar-refractivity contribution in [3.05, 3.63) is 38.0 Å². The molecule has 0 fully saturated rings. The Hall–Kier alpha value is -1.00. The second-order valence-electron chi connectivity index (χ2n) is 2.97.